The second-order valence-electron chi connectivity index (χ2n) is 5.35. The Kier molecular flexibility index (Phi) is 5.22. The zero-order chi connectivity index (χ0) is 13.0. The predicted octanol–water partition coefficient (Wildman–Crippen LogP) is 2.14. The maximum absolute atomic E-state index is 9.31. The molecule has 0 aromatic carbocycles. The molecule has 1 heterocycles. The largest absolute Gasteiger partial charge is 0.395 e. The van der Waals surface area contributed by atoms with Gasteiger partial charge in [0.05, 0.1) is 6.61 Å². The molecule has 2 N–H and O–H groups in total. The maximum Gasteiger partial charge on any atom is 0.0584 e. The first-order chi connectivity index (χ1) is 7.95. The Morgan fingerprint density at radius 2 is 2.00 bits per heavy atom. The van der Waals surface area contributed by atoms with Gasteiger partial charge in [-0.05, 0) is 37.8 Å². The van der Waals surface area contributed by atoms with Crippen molar-refractivity contribution in [1.82, 2.24) is 9.88 Å². The molecule has 0 aliphatic carbocycles. The van der Waals surface area contributed by atoms with Crippen molar-refractivity contribution in [3.8, 4) is 0 Å². The number of aryl methyl sites for hydroxylation is 1. The average Bonchev–Trinajstić information content (AvgIpc) is 2.51. The van der Waals surface area contributed by atoms with Gasteiger partial charge in [0.25, 0.3) is 0 Å². The summed E-state index contributed by atoms with van der Waals surface area (Å²) in [7, 11) is 2.09. The van der Waals surface area contributed by atoms with Crippen LogP contribution in [0.3, 0.4) is 0 Å². The van der Waals surface area contributed by atoms with Gasteiger partial charge in [-0.25, -0.2) is 0 Å². The molecule has 0 saturated heterocycles. The minimum absolute atomic E-state index is 0.204. The second kappa shape index (κ2) is 6.22. The van der Waals surface area contributed by atoms with Crippen LogP contribution in [0.25, 0.3) is 0 Å². The van der Waals surface area contributed by atoms with E-state index in [4.69, 9.17) is 0 Å². The summed E-state index contributed by atoms with van der Waals surface area (Å²) in [6, 6.07) is 2.42. The van der Waals surface area contributed by atoms with Gasteiger partial charge in [-0.3, -0.25) is 0 Å². The molecule has 0 radical (unpaired) electrons. The van der Waals surface area contributed by atoms with Crippen molar-refractivity contribution in [3.05, 3.63) is 23.0 Å². The lowest BCUT2D eigenvalue weighted by atomic mass is 10.0. The van der Waals surface area contributed by atoms with Gasteiger partial charge in [0.1, 0.15) is 0 Å². The zero-order valence-electron chi connectivity index (χ0n) is 11.7. The third-order valence-corrected chi connectivity index (χ3v) is 3.44. The van der Waals surface area contributed by atoms with Crippen molar-refractivity contribution >= 4 is 0 Å². The number of aliphatic hydroxyl groups is 1. The molecule has 0 bridgehead atoms. The monoisotopic (exact) mass is 238 g/mol. The van der Waals surface area contributed by atoms with Crippen molar-refractivity contribution < 1.29 is 5.11 Å². The Morgan fingerprint density at radius 1 is 1.35 bits per heavy atom. The molecular formula is C14H26N2O. The highest BCUT2D eigenvalue weighted by Crippen LogP contribution is 2.13. The molecule has 0 amide bonds. The molecule has 0 fully saturated rings. The van der Waals surface area contributed by atoms with E-state index in [2.05, 4.69) is 50.7 Å². The minimum Gasteiger partial charge on any atom is -0.395 e. The van der Waals surface area contributed by atoms with E-state index in [1.165, 1.54) is 17.0 Å². The quantitative estimate of drug-likeness (QED) is 0.796. The van der Waals surface area contributed by atoms with E-state index in [-0.39, 0.29) is 12.6 Å². The first kappa shape index (κ1) is 14.3. The minimum atomic E-state index is 0.204. The number of nitrogens with one attached hydrogen (secondary N) is 1. The fourth-order valence-corrected chi connectivity index (χ4v) is 2.16. The van der Waals surface area contributed by atoms with E-state index < -0.39 is 0 Å². The van der Waals surface area contributed by atoms with Gasteiger partial charge in [-0.15, -0.1) is 0 Å². The molecule has 17 heavy (non-hydrogen) atoms. The van der Waals surface area contributed by atoms with E-state index in [0.29, 0.717) is 5.92 Å². The SMILES string of the molecule is Cc1cc(CNC(CO)CC(C)C)c(C)n1C. The summed E-state index contributed by atoms with van der Waals surface area (Å²) in [5, 5.41) is 12.7. The van der Waals surface area contributed by atoms with E-state index >= 15 is 0 Å². The molecule has 98 valence electrons. The van der Waals surface area contributed by atoms with Crippen LogP contribution in [-0.4, -0.2) is 22.3 Å². The molecular weight excluding hydrogens is 212 g/mol. The number of rotatable bonds is 6. The van der Waals surface area contributed by atoms with Crippen molar-refractivity contribution in [1.29, 1.82) is 0 Å². The zero-order valence-corrected chi connectivity index (χ0v) is 11.7. The van der Waals surface area contributed by atoms with Gasteiger partial charge in [-0.2, -0.15) is 0 Å². The van der Waals surface area contributed by atoms with Gasteiger partial charge in [0.2, 0.25) is 0 Å². The summed E-state index contributed by atoms with van der Waals surface area (Å²) in [5.41, 5.74) is 3.91. The fourth-order valence-electron chi connectivity index (χ4n) is 2.16. The maximum atomic E-state index is 9.31. The lowest BCUT2D eigenvalue weighted by molar-refractivity contribution is 0.223. The first-order valence-electron chi connectivity index (χ1n) is 6.41. The molecule has 3 heteroatoms. The number of aliphatic hydroxyl groups excluding tert-OH is 1. The smallest absolute Gasteiger partial charge is 0.0584 e. The highest BCUT2D eigenvalue weighted by molar-refractivity contribution is 5.26. The molecule has 3 nitrogen and oxygen atoms in total. The summed E-state index contributed by atoms with van der Waals surface area (Å²) < 4.78 is 2.20. The van der Waals surface area contributed by atoms with Crippen LogP contribution in [0.15, 0.2) is 6.07 Å². The van der Waals surface area contributed by atoms with Crippen molar-refractivity contribution in [2.45, 2.75) is 46.7 Å². The average molecular weight is 238 g/mol. The predicted molar refractivity (Wildman–Crippen MR) is 72.1 cm³/mol. The van der Waals surface area contributed by atoms with Gasteiger partial charge in [0, 0.05) is 31.0 Å². The van der Waals surface area contributed by atoms with Crippen LogP contribution >= 0.6 is 0 Å². The first-order valence-corrected chi connectivity index (χ1v) is 6.41. The van der Waals surface area contributed by atoms with Crippen molar-refractivity contribution in [2.75, 3.05) is 6.61 Å². The molecule has 0 spiro atoms. The van der Waals surface area contributed by atoms with Crippen LogP contribution in [0.1, 0.15) is 37.2 Å². The van der Waals surface area contributed by atoms with E-state index in [1.807, 2.05) is 0 Å². The Balaban J connectivity index is 2.56. The molecule has 1 aromatic rings. The van der Waals surface area contributed by atoms with Crippen LogP contribution in [0.4, 0.5) is 0 Å². The number of aromatic nitrogens is 1. The third kappa shape index (κ3) is 3.86. The number of hydrogen-bond donors (Lipinski definition) is 2. The number of nitrogens with zero attached hydrogens (tertiary/aromatic N) is 1. The fraction of sp³-hybridized carbons (Fsp3) is 0.714. The lowest BCUT2D eigenvalue weighted by Gasteiger charge is -2.18. The van der Waals surface area contributed by atoms with E-state index in [1.54, 1.807) is 0 Å². The topological polar surface area (TPSA) is 37.2 Å². The van der Waals surface area contributed by atoms with Gasteiger partial charge >= 0.3 is 0 Å². The van der Waals surface area contributed by atoms with E-state index in [0.717, 1.165) is 13.0 Å². The highest BCUT2D eigenvalue weighted by Gasteiger charge is 2.11. The molecule has 1 aromatic heterocycles. The molecule has 1 rings (SSSR count). The second-order valence-corrected chi connectivity index (χ2v) is 5.35. The van der Waals surface area contributed by atoms with Gasteiger partial charge in [-0.1, -0.05) is 13.8 Å². The Labute approximate surface area is 105 Å². The normalized spacial score (nSPS) is 13.4. The Hall–Kier alpha value is -0.800. The highest BCUT2D eigenvalue weighted by atomic mass is 16.3. The molecule has 1 unspecified atom stereocenters. The van der Waals surface area contributed by atoms with Crippen LogP contribution in [-0.2, 0) is 13.6 Å². The standard InChI is InChI=1S/C14H26N2O/c1-10(2)6-14(9-17)15-8-13-7-11(3)16(5)12(13)4/h7,10,14-15,17H,6,8-9H2,1-5H3. The van der Waals surface area contributed by atoms with Crippen LogP contribution in [0.2, 0.25) is 0 Å². The summed E-state index contributed by atoms with van der Waals surface area (Å²) in [4.78, 5) is 0. The summed E-state index contributed by atoms with van der Waals surface area (Å²) in [5.74, 6) is 0.609. The summed E-state index contributed by atoms with van der Waals surface area (Å²) >= 11 is 0. The Bertz CT molecular complexity index is 355. The van der Waals surface area contributed by atoms with E-state index in [9.17, 15) is 5.11 Å². The van der Waals surface area contributed by atoms with Crippen molar-refractivity contribution in [2.24, 2.45) is 13.0 Å². The summed E-state index contributed by atoms with van der Waals surface area (Å²) in [6.45, 7) is 9.67. The third-order valence-electron chi connectivity index (χ3n) is 3.44. The Morgan fingerprint density at radius 3 is 2.41 bits per heavy atom. The molecule has 0 aliphatic rings. The van der Waals surface area contributed by atoms with Crippen LogP contribution < -0.4 is 5.32 Å². The van der Waals surface area contributed by atoms with Gasteiger partial charge in [0.15, 0.2) is 0 Å². The number of hydrogen-bond acceptors (Lipinski definition) is 2. The molecule has 0 aliphatic heterocycles. The summed E-state index contributed by atoms with van der Waals surface area (Å²) in [6.07, 6.45) is 1.02. The van der Waals surface area contributed by atoms with Gasteiger partial charge < -0.3 is 15.0 Å². The lowest BCUT2D eigenvalue weighted by Crippen LogP contribution is -2.33. The van der Waals surface area contributed by atoms with Crippen molar-refractivity contribution in [3.63, 3.8) is 0 Å². The van der Waals surface area contributed by atoms with Crippen LogP contribution in [0, 0.1) is 19.8 Å². The molecule has 1 atom stereocenters. The molecule has 0 saturated carbocycles. The van der Waals surface area contributed by atoms with Crippen LogP contribution in [0.5, 0.6) is 0 Å².